The summed E-state index contributed by atoms with van der Waals surface area (Å²) in [6.07, 6.45) is 4.92. The van der Waals surface area contributed by atoms with E-state index in [0.717, 1.165) is 40.6 Å². The van der Waals surface area contributed by atoms with Crippen molar-refractivity contribution in [1.29, 1.82) is 0 Å². The maximum atomic E-state index is 13.4. The molecule has 2 heterocycles. The van der Waals surface area contributed by atoms with E-state index in [1.165, 1.54) is 37.0 Å². The Labute approximate surface area is 178 Å². The summed E-state index contributed by atoms with van der Waals surface area (Å²) in [4.78, 5) is 15.9. The van der Waals surface area contributed by atoms with E-state index < -0.39 is 0 Å². The highest BCUT2D eigenvalue weighted by Gasteiger charge is 2.21. The Hall–Kier alpha value is -2.66. The van der Waals surface area contributed by atoms with Gasteiger partial charge in [-0.2, -0.15) is 4.68 Å². The van der Waals surface area contributed by atoms with Gasteiger partial charge in [-0.3, -0.25) is 4.79 Å². The molecule has 5 nitrogen and oxygen atoms in total. The Kier molecular flexibility index (Phi) is 6.18. The van der Waals surface area contributed by atoms with E-state index in [1.807, 2.05) is 57.2 Å². The standard InChI is InChI=1S/C25H31N3O2/c1-18-16-19(2)23(20(3)17-18)25(29)28-22-11-6-5-10-21(22)24(26-28)30-15-9-14-27-12-7-4-8-13-27/h5-6,10-11,16-17H,4,7-9,12-15H2,1-3H3. The molecule has 4 rings (SSSR count). The second-order valence-electron chi connectivity index (χ2n) is 8.42. The van der Waals surface area contributed by atoms with Gasteiger partial charge in [-0.05, 0) is 76.4 Å². The smallest absolute Gasteiger partial charge is 0.279 e. The highest BCUT2D eigenvalue weighted by Crippen LogP contribution is 2.27. The summed E-state index contributed by atoms with van der Waals surface area (Å²) >= 11 is 0. The van der Waals surface area contributed by atoms with Crippen LogP contribution in [0.5, 0.6) is 5.88 Å². The highest BCUT2D eigenvalue weighted by atomic mass is 16.5. The lowest BCUT2D eigenvalue weighted by Gasteiger charge is -2.26. The van der Waals surface area contributed by atoms with Crippen molar-refractivity contribution in [2.75, 3.05) is 26.2 Å². The Morgan fingerprint density at radius 2 is 1.73 bits per heavy atom. The molecule has 1 aromatic heterocycles. The van der Waals surface area contributed by atoms with Crippen LogP contribution in [0.25, 0.3) is 10.9 Å². The monoisotopic (exact) mass is 405 g/mol. The zero-order valence-electron chi connectivity index (χ0n) is 18.3. The summed E-state index contributed by atoms with van der Waals surface area (Å²) in [6.45, 7) is 10.1. The first-order valence-electron chi connectivity index (χ1n) is 11.0. The molecule has 1 fully saturated rings. The number of hydrogen-bond donors (Lipinski definition) is 0. The number of aromatic nitrogens is 2. The minimum atomic E-state index is -0.107. The predicted octanol–water partition coefficient (Wildman–Crippen LogP) is 4.90. The molecular weight excluding hydrogens is 374 g/mol. The molecule has 3 aromatic rings. The van der Waals surface area contributed by atoms with Crippen molar-refractivity contribution in [3.05, 3.63) is 58.7 Å². The Morgan fingerprint density at radius 1 is 1.03 bits per heavy atom. The minimum Gasteiger partial charge on any atom is -0.476 e. The minimum absolute atomic E-state index is 0.107. The van der Waals surface area contributed by atoms with Gasteiger partial charge < -0.3 is 9.64 Å². The van der Waals surface area contributed by atoms with Crippen molar-refractivity contribution in [1.82, 2.24) is 14.7 Å². The van der Waals surface area contributed by atoms with Crippen LogP contribution in [0.4, 0.5) is 0 Å². The van der Waals surface area contributed by atoms with Gasteiger partial charge in [-0.1, -0.05) is 36.2 Å². The average molecular weight is 406 g/mol. The SMILES string of the molecule is Cc1cc(C)c(C(=O)n2nc(OCCCN3CCCCC3)c3ccccc32)c(C)c1. The normalized spacial score (nSPS) is 14.9. The van der Waals surface area contributed by atoms with Crippen molar-refractivity contribution in [2.24, 2.45) is 0 Å². The van der Waals surface area contributed by atoms with Crippen molar-refractivity contribution >= 4 is 16.8 Å². The Balaban J connectivity index is 1.54. The number of nitrogens with zero attached hydrogens (tertiary/aromatic N) is 3. The van der Waals surface area contributed by atoms with Gasteiger partial charge in [-0.25, -0.2) is 0 Å². The first-order chi connectivity index (χ1) is 14.5. The van der Waals surface area contributed by atoms with Gasteiger partial charge in [0.15, 0.2) is 0 Å². The molecule has 0 amide bonds. The van der Waals surface area contributed by atoms with Gasteiger partial charge in [0.2, 0.25) is 5.88 Å². The number of rotatable bonds is 6. The molecule has 1 aliphatic rings. The van der Waals surface area contributed by atoms with Crippen molar-refractivity contribution in [3.8, 4) is 5.88 Å². The molecule has 0 spiro atoms. The molecule has 1 saturated heterocycles. The van der Waals surface area contributed by atoms with E-state index in [0.29, 0.717) is 18.1 Å². The number of piperidine rings is 1. The van der Waals surface area contributed by atoms with E-state index >= 15 is 0 Å². The molecule has 0 radical (unpaired) electrons. The summed E-state index contributed by atoms with van der Waals surface area (Å²) in [7, 11) is 0. The predicted molar refractivity (Wildman–Crippen MR) is 121 cm³/mol. The molecule has 0 N–H and O–H groups in total. The van der Waals surface area contributed by atoms with Crippen LogP contribution >= 0.6 is 0 Å². The van der Waals surface area contributed by atoms with Crippen LogP contribution < -0.4 is 4.74 Å². The maximum Gasteiger partial charge on any atom is 0.279 e. The fourth-order valence-corrected chi connectivity index (χ4v) is 4.56. The molecule has 0 unspecified atom stereocenters. The second-order valence-corrected chi connectivity index (χ2v) is 8.42. The lowest BCUT2D eigenvalue weighted by Crippen LogP contribution is -2.31. The lowest BCUT2D eigenvalue weighted by atomic mass is 9.99. The third-order valence-electron chi connectivity index (χ3n) is 5.94. The van der Waals surface area contributed by atoms with E-state index in [9.17, 15) is 4.79 Å². The van der Waals surface area contributed by atoms with E-state index in [1.54, 1.807) is 0 Å². The number of ether oxygens (including phenoxy) is 1. The molecule has 2 aromatic carbocycles. The molecule has 5 heteroatoms. The van der Waals surface area contributed by atoms with Gasteiger partial charge in [0, 0.05) is 12.1 Å². The molecule has 30 heavy (non-hydrogen) atoms. The lowest BCUT2D eigenvalue weighted by molar-refractivity contribution is 0.0946. The maximum absolute atomic E-state index is 13.4. The van der Waals surface area contributed by atoms with Crippen LogP contribution in [0.15, 0.2) is 36.4 Å². The molecular formula is C25H31N3O2. The summed E-state index contributed by atoms with van der Waals surface area (Å²) in [6, 6.07) is 11.9. The summed E-state index contributed by atoms with van der Waals surface area (Å²) in [5.74, 6) is 0.435. The molecule has 158 valence electrons. The second kappa shape index (κ2) is 9.00. The van der Waals surface area contributed by atoms with Crippen molar-refractivity contribution in [2.45, 2.75) is 46.5 Å². The molecule has 0 saturated carbocycles. The van der Waals surface area contributed by atoms with Crippen LogP contribution in [0.2, 0.25) is 0 Å². The number of hydrogen-bond acceptors (Lipinski definition) is 4. The van der Waals surface area contributed by atoms with Crippen LogP contribution in [-0.4, -0.2) is 46.8 Å². The van der Waals surface area contributed by atoms with Crippen LogP contribution in [0, 0.1) is 20.8 Å². The van der Waals surface area contributed by atoms with Crippen LogP contribution in [0.1, 0.15) is 52.7 Å². The van der Waals surface area contributed by atoms with Gasteiger partial charge in [-0.15, -0.1) is 5.10 Å². The Bertz CT molecular complexity index is 1020. The number of fused-ring (bicyclic) bond motifs is 1. The third kappa shape index (κ3) is 4.26. The molecule has 0 bridgehead atoms. The summed E-state index contributed by atoms with van der Waals surface area (Å²) < 4.78 is 7.55. The van der Waals surface area contributed by atoms with E-state index in [4.69, 9.17) is 4.74 Å². The van der Waals surface area contributed by atoms with Crippen LogP contribution in [0.3, 0.4) is 0 Å². The summed E-state index contributed by atoms with van der Waals surface area (Å²) in [5, 5.41) is 5.47. The van der Waals surface area contributed by atoms with Gasteiger partial charge >= 0.3 is 0 Å². The van der Waals surface area contributed by atoms with E-state index in [2.05, 4.69) is 10.00 Å². The number of para-hydroxylation sites is 1. The number of likely N-dealkylation sites (tertiary alicyclic amines) is 1. The molecule has 0 atom stereocenters. The number of carbonyl (C=O) groups is 1. The number of aryl methyl sites for hydroxylation is 3. The number of carbonyl (C=O) groups excluding carboxylic acids is 1. The van der Waals surface area contributed by atoms with E-state index in [-0.39, 0.29) is 5.91 Å². The fraction of sp³-hybridized carbons (Fsp3) is 0.440. The van der Waals surface area contributed by atoms with Crippen molar-refractivity contribution < 1.29 is 9.53 Å². The van der Waals surface area contributed by atoms with Gasteiger partial charge in [0.1, 0.15) is 0 Å². The largest absolute Gasteiger partial charge is 0.476 e. The zero-order valence-corrected chi connectivity index (χ0v) is 18.3. The Morgan fingerprint density at radius 3 is 2.47 bits per heavy atom. The third-order valence-corrected chi connectivity index (χ3v) is 5.94. The van der Waals surface area contributed by atoms with Gasteiger partial charge in [0.05, 0.1) is 17.5 Å². The van der Waals surface area contributed by atoms with Crippen LogP contribution in [-0.2, 0) is 0 Å². The zero-order chi connectivity index (χ0) is 21.1. The van der Waals surface area contributed by atoms with Crippen molar-refractivity contribution in [3.63, 3.8) is 0 Å². The first kappa shape index (κ1) is 20.6. The molecule has 0 aliphatic carbocycles. The first-order valence-corrected chi connectivity index (χ1v) is 11.0. The van der Waals surface area contributed by atoms with Gasteiger partial charge in [0.25, 0.3) is 5.91 Å². The number of benzene rings is 2. The fourth-order valence-electron chi connectivity index (χ4n) is 4.56. The topological polar surface area (TPSA) is 47.4 Å². The highest BCUT2D eigenvalue weighted by molar-refractivity contribution is 6.04. The average Bonchev–Trinajstić information content (AvgIpc) is 3.10. The quantitative estimate of drug-likeness (QED) is 0.547. The summed E-state index contributed by atoms with van der Waals surface area (Å²) in [5.41, 5.74) is 4.60. The molecule has 1 aliphatic heterocycles.